The van der Waals surface area contributed by atoms with Crippen molar-refractivity contribution < 1.29 is 26.7 Å². The third-order valence-corrected chi connectivity index (χ3v) is 4.67. The van der Waals surface area contributed by atoms with Gasteiger partial charge in [-0.2, -0.15) is 4.68 Å². The summed E-state index contributed by atoms with van der Waals surface area (Å²) in [5.74, 6) is -1.04. The van der Waals surface area contributed by atoms with Crippen molar-refractivity contribution in [3.05, 3.63) is 54.4 Å². The Morgan fingerprint density at radius 3 is 2.40 bits per heavy atom. The molecule has 0 saturated heterocycles. The summed E-state index contributed by atoms with van der Waals surface area (Å²) in [4.78, 5) is 7.76. The number of rotatable bonds is 5. The third kappa shape index (κ3) is 4.30. The van der Waals surface area contributed by atoms with Crippen LogP contribution in [0.25, 0.3) is 16.6 Å². The third-order valence-electron chi connectivity index (χ3n) is 3.72. The molecule has 0 amide bonds. The molecule has 0 aliphatic carbocycles. The van der Waals surface area contributed by atoms with E-state index >= 15 is 0 Å². The SMILES string of the molecule is FC(F)c1nc(Sc2nnnn2-c2ccc(OC(F)(F)F)cc2)c2ccccc2n1. The molecule has 4 rings (SSSR count). The molecule has 0 saturated carbocycles. The number of tetrazole rings is 1. The zero-order chi connectivity index (χ0) is 21.3. The van der Waals surface area contributed by atoms with E-state index in [2.05, 4.69) is 30.2 Å². The first kappa shape index (κ1) is 19.9. The van der Waals surface area contributed by atoms with Crippen LogP contribution in [-0.4, -0.2) is 36.5 Å². The summed E-state index contributed by atoms with van der Waals surface area (Å²) in [6, 6.07) is 11.5. The largest absolute Gasteiger partial charge is 0.573 e. The molecule has 13 heteroatoms. The quantitative estimate of drug-likeness (QED) is 0.332. The lowest BCUT2D eigenvalue weighted by atomic mass is 10.2. The van der Waals surface area contributed by atoms with Crippen molar-refractivity contribution in [3.63, 3.8) is 0 Å². The Morgan fingerprint density at radius 1 is 0.967 bits per heavy atom. The van der Waals surface area contributed by atoms with Gasteiger partial charge < -0.3 is 4.74 Å². The average molecular weight is 440 g/mol. The number of alkyl halides is 5. The second-order valence-corrected chi connectivity index (χ2v) is 6.68. The number of aromatic nitrogens is 6. The predicted molar refractivity (Wildman–Crippen MR) is 94.5 cm³/mol. The van der Waals surface area contributed by atoms with Gasteiger partial charge in [-0.05, 0) is 52.5 Å². The summed E-state index contributed by atoms with van der Waals surface area (Å²) in [6.45, 7) is 0. The van der Waals surface area contributed by atoms with Gasteiger partial charge in [0.15, 0.2) is 5.82 Å². The van der Waals surface area contributed by atoms with Crippen molar-refractivity contribution in [2.75, 3.05) is 0 Å². The molecule has 0 radical (unpaired) electrons. The van der Waals surface area contributed by atoms with Crippen molar-refractivity contribution in [3.8, 4) is 11.4 Å². The Balaban J connectivity index is 1.68. The van der Waals surface area contributed by atoms with Crippen molar-refractivity contribution in [1.29, 1.82) is 0 Å². The number of hydrogen-bond acceptors (Lipinski definition) is 7. The summed E-state index contributed by atoms with van der Waals surface area (Å²) in [5.41, 5.74) is 0.669. The minimum absolute atomic E-state index is 0.170. The second kappa shape index (κ2) is 7.82. The van der Waals surface area contributed by atoms with Gasteiger partial charge in [0.2, 0.25) is 5.16 Å². The summed E-state index contributed by atoms with van der Waals surface area (Å²) >= 11 is 0.922. The van der Waals surface area contributed by atoms with Crippen LogP contribution in [0.1, 0.15) is 12.2 Å². The van der Waals surface area contributed by atoms with E-state index in [0.717, 1.165) is 23.9 Å². The van der Waals surface area contributed by atoms with Crippen LogP contribution in [0.3, 0.4) is 0 Å². The van der Waals surface area contributed by atoms with Crippen molar-refractivity contribution >= 4 is 22.7 Å². The molecule has 0 N–H and O–H groups in total. The lowest BCUT2D eigenvalue weighted by Gasteiger charge is -2.10. The zero-order valence-corrected chi connectivity index (χ0v) is 15.4. The molecule has 7 nitrogen and oxygen atoms in total. The van der Waals surface area contributed by atoms with Crippen LogP contribution in [-0.2, 0) is 0 Å². The highest BCUT2D eigenvalue weighted by molar-refractivity contribution is 7.99. The minimum Gasteiger partial charge on any atom is -0.406 e. The van der Waals surface area contributed by atoms with Gasteiger partial charge in [-0.1, -0.05) is 18.2 Å². The molecule has 2 aromatic carbocycles. The summed E-state index contributed by atoms with van der Waals surface area (Å²) in [6.07, 6.45) is -7.68. The zero-order valence-electron chi connectivity index (χ0n) is 14.6. The van der Waals surface area contributed by atoms with Crippen LogP contribution in [0, 0.1) is 0 Å². The fraction of sp³-hybridized carbons (Fsp3) is 0.118. The maximum absolute atomic E-state index is 13.2. The number of benzene rings is 2. The van der Waals surface area contributed by atoms with Gasteiger partial charge in [0, 0.05) is 5.39 Å². The molecule has 2 heterocycles. The number of para-hydroxylation sites is 1. The van der Waals surface area contributed by atoms with E-state index in [1.807, 2.05) is 0 Å². The molecular weight excluding hydrogens is 431 g/mol. The molecule has 4 aromatic rings. The monoisotopic (exact) mass is 440 g/mol. The Labute approximate surface area is 168 Å². The molecular formula is C17H9F5N6OS. The highest BCUT2D eigenvalue weighted by atomic mass is 32.2. The van der Waals surface area contributed by atoms with Crippen LogP contribution in [0.4, 0.5) is 22.0 Å². The maximum atomic E-state index is 13.2. The number of hydrogen-bond donors (Lipinski definition) is 0. The maximum Gasteiger partial charge on any atom is 0.573 e. The summed E-state index contributed by atoms with van der Waals surface area (Å²) < 4.78 is 68.4. The standard InChI is InChI=1S/C17H9F5N6OS/c18-13(19)14-23-12-4-2-1-3-11(12)15(24-14)30-16-25-26-27-28(16)9-5-7-10(8-6-9)29-17(20,21)22/h1-8,13H. The predicted octanol–water partition coefficient (Wildman–Crippen LogP) is 4.59. The Bertz CT molecular complexity index is 1180. The fourth-order valence-corrected chi connectivity index (χ4v) is 3.42. The lowest BCUT2D eigenvalue weighted by molar-refractivity contribution is -0.274. The van der Waals surface area contributed by atoms with E-state index in [-0.39, 0.29) is 10.2 Å². The lowest BCUT2D eigenvalue weighted by Crippen LogP contribution is -2.17. The molecule has 0 bridgehead atoms. The second-order valence-electron chi connectivity index (χ2n) is 5.72. The van der Waals surface area contributed by atoms with Gasteiger partial charge in [-0.25, -0.2) is 18.7 Å². The van der Waals surface area contributed by atoms with Gasteiger partial charge in [-0.15, -0.1) is 18.3 Å². The van der Waals surface area contributed by atoms with Gasteiger partial charge in [0.1, 0.15) is 10.8 Å². The van der Waals surface area contributed by atoms with Gasteiger partial charge in [0.25, 0.3) is 6.43 Å². The number of halogens is 5. The normalized spacial score (nSPS) is 11.9. The molecule has 0 atom stereocenters. The summed E-state index contributed by atoms with van der Waals surface area (Å²) in [7, 11) is 0. The van der Waals surface area contributed by atoms with Crippen molar-refractivity contribution in [2.24, 2.45) is 0 Å². The average Bonchev–Trinajstić information content (AvgIpc) is 3.15. The fourth-order valence-electron chi connectivity index (χ4n) is 2.52. The number of fused-ring (bicyclic) bond motifs is 1. The minimum atomic E-state index is -4.81. The van der Waals surface area contributed by atoms with Crippen LogP contribution in [0.5, 0.6) is 5.75 Å². The van der Waals surface area contributed by atoms with E-state index in [1.54, 1.807) is 24.3 Å². The first-order valence-electron chi connectivity index (χ1n) is 8.17. The van der Waals surface area contributed by atoms with E-state index in [1.165, 1.54) is 16.8 Å². The number of ether oxygens (including phenoxy) is 1. The van der Waals surface area contributed by atoms with E-state index in [9.17, 15) is 22.0 Å². The van der Waals surface area contributed by atoms with Crippen molar-refractivity contribution in [2.45, 2.75) is 23.0 Å². The van der Waals surface area contributed by atoms with Gasteiger partial charge in [0.05, 0.1) is 11.2 Å². The molecule has 154 valence electrons. The first-order valence-corrected chi connectivity index (χ1v) is 8.99. The smallest absolute Gasteiger partial charge is 0.406 e. The van der Waals surface area contributed by atoms with Gasteiger partial charge >= 0.3 is 6.36 Å². The molecule has 0 aliphatic heterocycles. The van der Waals surface area contributed by atoms with Crippen molar-refractivity contribution in [1.82, 2.24) is 30.2 Å². The molecule has 0 fully saturated rings. The highest BCUT2D eigenvalue weighted by Gasteiger charge is 2.31. The molecule has 2 aromatic heterocycles. The van der Waals surface area contributed by atoms with Crippen LogP contribution < -0.4 is 4.74 Å². The van der Waals surface area contributed by atoms with E-state index < -0.39 is 24.4 Å². The molecule has 0 spiro atoms. The Morgan fingerprint density at radius 2 is 1.70 bits per heavy atom. The van der Waals surface area contributed by atoms with Crippen LogP contribution >= 0.6 is 11.8 Å². The van der Waals surface area contributed by atoms with Crippen LogP contribution in [0.2, 0.25) is 0 Å². The Kier molecular flexibility index (Phi) is 5.20. The first-order chi connectivity index (χ1) is 14.3. The molecule has 30 heavy (non-hydrogen) atoms. The molecule has 0 unspecified atom stereocenters. The van der Waals surface area contributed by atoms with Crippen LogP contribution in [0.15, 0.2) is 58.7 Å². The Hall–Kier alpha value is -3.35. The summed E-state index contributed by atoms with van der Waals surface area (Å²) in [5, 5.41) is 12.1. The highest BCUT2D eigenvalue weighted by Crippen LogP contribution is 2.33. The molecule has 0 aliphatic rings. The van der Waals surface area contributed by atoms with Gasteiger partial charge in [-0.3, -0.25) is 0 Å². The number of nitrogens with zero attached hydrogens (tertiary/aromatic N) is 6. The van der Waals surface area contributed by atoms with E-state index in [4.69, 9.17) is 0 Å². The van der Waals surface area contributed by atoms with E-state index in [0.29, 0.717) is 16.6 Å². The topological polar surface area (TPSA) is 78.6 Å².